The summed E-state index contributed by atoms with van der Waals surface area (Å²) < 4.78 is 14.0. The highest BCUT2D eigenvalue weighted by Crippen LogP contribution is 2.25. The van der Waals surface area contributed by atoms with Crippen LogP contribution in [0, 0.1) is 25.6 Å². The van der Waals surface area contributed by atoms with E-state index in [-0.39, 0.29) is 22.4 Å². The Morgan fingerprint density at radius 2 is 1.74 bits per heavy atom. The van der Waals surface area contributed by atoms with Gasteiger partial charge in [0, 0.05) is 24.7 Å². The highest BCUT2D eigenvalue weighted by atomic mass is 35.5. The Labute approximate surface area is 163 Å². The molecule has 0 atom stereocenters. The van der Waals surface area contributed by atoms with Gasteiger partial charge in [0.2, 0.25) is 5.91 Å². The summed E-state index contributed by atoms with van der Waals surface area (Å²) in [6, 6.07) is 10.1. The lowest BCUT2D eigenvalue weighted by Gasteiger charge is -2.31. The fraction of sp³-hybridized carbons (Fsp3) is 0.333. The molecule has 1 N–H and O–H groups in total. The molecule has 1 aliphatic rings. The third kappa shape index (κ3) is 4.48. The lowest BCUT2D eigenvalue weighted by Crippen LogP contribution is -2.41. The van der Waals surface area contributed by atoms with Gasteiger partial charge in [0.1, 0.15) is 5.82 Å². The van der Waals surface area contributed by atoms with E-state index in [1.54, 1.807) is 4.90 Å². The maximum absolute atomic E-state index is 14.0. The smallest absolute Gasteiger partial charge is 0.258 e. The zero-order valence-corrected chi connectivity index (χ0v) is 16.1. The molecular weight excluding hydrogens is 367 g/mol. The van der Waals surface area contributed by atoms with E-state index in [2.05, 4.69) is 5.32 Å². The Morgan fingerprint density at radius 3 is 2.33 bits per heavy atom. The van der Waals surface area contributed by atoms with E-state index < -0.39 is 11.7 Å². The molecule has 6 heteroatoms. The van der Waals surface area contributed by atoms with Crippen molar-refractivity contribution in [3.8, 4) is 0 Å². The summed E-state index contributed by atoms with van der Waals surface area (Å²) in [4.78, 5) is 26.7. The van der Waals surface area contributed by atoms with Gasteiger partial charge in [-0.25, -0.2) is 4.39 Å². The molecule has 0 aliphatic carbocycles. The predicted molar refractivity (Wildman–Crippen MR) is 105 cm³/mol. The number of piperidine rings is 1. The first-order valence-corrected chi connectivity index (χ1v) is 9.35. The van der Waals surface area contributed by atoms with Gasteiger partial charge in [-0.05, 0) is 62.1 Å². The molecule has 3 rings (SSSR count). The van der Waals surface area contributed by atoms with Gasteiger partial charge in [0.15, 0.2) is 0 Å². The molecule has 142 valence electrons. The molecule has 1 fully saturated rings. The number of aryl methyl sites for hydroxylation is 2. The fourth-order valence-corrected chi connectivity index (χ4v) is 3.74. The van der Waals surface area contributed by atoms with E-state index in [1.165, 1.54) is 18.2 Å². The van der Waals surface area contributed by atoms with E-state index in [4.69, 9.17) is 11.6 Å². The maximum Gasteiger partial charge on any atom is 0.258 e. The van der Waals surface area contributed by atoms with Crippen molar-refractivity contribution in [2.45, 2.75) is 26.7 Å². The molecule has 0 bridgehead atoms. The van der Waals surface area contributed by atoms with Gasteiger partial charge in [0.25, 0.3) is 5.91 Å². The number of rotatable bonds is 3. The topological polar surface area (TPSA) is 49.4 Å². The molecule has 1 heterocycles. The lowest BCUT2D eigenvalue weighted by atomic mass is 9.95. The van der Waals surface area contributed by atoms with Crippen LogP contribution in [0.15, 0.2) is 36.4 Å². The van der Waals surface area contributed by atoms with Crippen molar-refractivity contribution in [2.24, 2.45) is 5.92 Å². The average molecular weight is 389 g/mol. The van der Waals surface area contributed by atoms with Crippen LogP contribution in [-0.4, -0.2) is 29.8 Å². The summed E-state index contributed by atoms with van der Waals surface area (Å²) >= 11 is 5.99. The van der Waals surface area contributed by atoms with Gasteiger partial charge >= 0.3 is 0 Å². The van der Waals surface area contributed by atoms with Crippen LogP contribution in [-0.2, 0) is 4.79 Å². The maximum atomic E-state index is 14.0. The number of benzene rings is 2. The fourth-order valence-electron chi connectivity index (χ4n) is 3.50. The van der Waals surface area contributed by atoms with Gasteiger partial charge in [0.05, 0.1) is 10.6 Å². The standard InChI is InChI=1S/C21H22ClFN2O2/c1-13-10-14(2)12-16(11-13)24-20(26)15-6-8-25(9-7-15)21(27)19-17(22)4-3-5-18(19)23/h3-5,10-12,15H,6-9H2,1-2H3,(H,24,26). The minimum absolute atomic E-state index is 0.0453. The Hall–Kier alpha value is -2.40. The normalized spacial score (nSPS) is 14.9. The summed E-state index contributed by atoms with van der Waals surface area (Å²) in [5.41, 5.74) is 2.87. The first-order chi connectivity index (χ1) is 12.8. The minimum Gasteiger partial charge on any atom is -0.338 e. The zero-order chi connectivity index (χ0) is 19.6. The second kappa shape index (κ2) is 8.09. The molecule has 2 aromatic carbocycles. The first kappa shape index (κ1) is 19.4. The van der Waals surface area contributed by atoms with Crippen LogP contribution in [0.5, 0.6) is 0 Å². The quantitative estimate of drug-likeness (QED) is 0.836. The molecule has 0 radical (unpaired) electrons. The first-order valence-electron chi connectivity index (χ1n) is 8.97. The van der Waals surface area contributed by atoms with Crippen LogP contribution in [0.1, 0.15) is 34.3 Å². The van der Waals surface area contributed by atoms with Gasteiger partial charge in [-0.3, -0.25) is 9.59 Å². The highest BCUT2D eigenvalue weighted by Gasteiger charge is 2.29. The third-order valence-corrected chi connectivity index (χ3v) is 5.13. The summed E-state index contributed by atoms with van der Waals surface area (Å²) in [6.45, 7) is 4.77. The molecule has 0 aromatic heterocycles. The van der Waals surface area contributed by atoms with Gasteiger partial charge in [-0.1, -0.05) is 23.7 Å². The number of carbonyl (C=O) groups is 2. The van der Waals surface area contributed by atoms with Gasteiger partial charge in [-0.2, -0.15) is 0 Å². The Balaban J connectivity index is 1.61. The Bertz CT molecular complexity index is 836. The highest BCUT2D eigenvalue weighted by molar-refractivity contribution is 6.33. The van der Waals surface area contributed by atoms with E-state index >= 15 is 0 Å². The number of nitrogens with one attached hydrogen (secondary N) is 1. The molecule has 1 aliphatic heterocycles. The second-order valence-electron chi connectivity index (χ2n) is 7.03. The number of likely N-dealkylation sites (tertiary alicyclic amines) is 1. The van der Waals surface area contributed by atoms with E-state index in [1.807, 2.05) is 32.0 Å². The molecule has 2 aromatic rings. The molecule has 1 saturated heterocycles. The average Bonchev–Trinajstić information content (AvgIpc) is 2.60. The third-order valence-electron chi connectivity index (χ3n) is 4.82. The van der Waals surface area contributed by atoms with Crippen molar-refractivity contribution in [2.75, 3.05) is 18.4 Å². The molecule has 4 nitrogen and oxygen atoms in total. The van der Waals surface area contributed by atoms with Crippen molar-refractivity contribution in [3.05, 3.63) is 63.9 Å². The van der Waals surface area contributed by atoms with E-state index in [9.17, 15) is 14.0 Å². The summed E-state index contributed by atoms with van der Waals surface area (Å²) in [6.07, 6.45) is 1.07. The zero-order valence-electron chi connectivity index (χ0n) is 15.4. The number of carbonyl (C=O) groups excluding carboxylic acids is 2. The van der Waals surface area contributed by atoms with Crippen LogP contribution in [0.2, 0.25) is 5.02 Å². The Kier molecular flexibility index (Phi) is 5.80. The minimum atomic E-state index is -0.623. The number of amides is 2. The molecule has 2 amide bonds. The summed E-state index contributed by atoms with van der Waals surface area (Å²) in [7, 11) is 0. The van der Waals surface area contributed by atoms with Crippen LogP contribution < -0.4 is 5.32 Å². The van der Waals surface area contributed by atoms with Crippen molar-refractivity contribution >= 4 is 29.1 Å². The van der Waals surface area contributed by atoms with Crippen LogP contribution in [0.3, 0.4) is 0 Å². The number of anilines is 1. The monoisotopic (exact) mass is 388 g/mol. The Morgan fingerprint density at radius 1 is 1.11 bits per heavy atom. The molecule has 0 unspecified atom stereocenters. The van der Waals surface area contributed by atoms with Crippen molar-refractivity contribution in [1.29, 1.82) is 0 Å². The molecule has 27 heavy (non-hydrogen) atoms. The SMILES string of the molecule is Cc1cc(C)cc(NC(=O)C2CCN(C(=O)c3c(F)cccc3Cl)CC2)c1. The van der Waals surface area contributed by atoms with Gasteiger partial charge < -0.3 is 10.2 Å². The summed E-state index contributed by atoms with van der Waals surface area (Å²) in [5, 5.41) is 3.07. The van der Waals surface area contributed by atoms with Crippen LogP contribution >= 0.6 is 11.6 Å². The summed E-state index contributed by atoms with van der Waals surface area (Å²) in [5.74, 6) is -1.27. The molecule has 0 spiro atoms. The van der Waals surface area contributed by atoms with E-state index in [0.29, 0.717) is 25.9 Å². The van der Waals surface area contributed by atoms with Crippen LogP contribution in [0.4, 0.5) is 10.1 Å². The largest absolute Gasteiger partial charge is 0.338 e. The number of hydrogen-bond donors (Lipinski definition) is 1. The van der Waals surface area contributed by atoms with Crippen molar-refractivity contribution in [1.82, 2.24) is 4.90 Å². The lowest BCUT2D eigenvalue weighted by molar-refractivity contribution is -0.121. The number of halogens is 2. The predicted octanol–water partition coefficient (Wildman–Crippen LogP) is 4.59. The van der Waals surface area contributed by atoms with Crippen molar-refractivity contribution < 1.29 is 14.0 Å². The number of nitrogens with zero attached hydrogens (tertiary/aromatic N) is 1. The second-order valence-corrected chi connectivity index (χ2v) is 7.44. The molecular formula is C21H22ClFN2O2. The molecule has 0 saturated carbocycles. The van der Waals surface area contributed by atoms with E-state index in [0.717, 1.165) is 16.8 Å². The number of hydrogen-bond acceptors (Lipinski definition) is 2. The van der Waals surface area contributed by atoms with Crippen molar-refractivity contribution in [3.63, 3.8) is 0 Å². The van der Waals surface area contributed by atoms with Crippen LogP contribution in [0.25, 0.3) is 0 Å². The van der Waals surface area contributed by atoms with Gasteiger partial charge in [-0.15, -0.1) is 0 Å².